The number of nitro groups is 1. The topological polar surface area (TPSA) is 105 Å². The number of hydrogen-bond acceptors (Lipinski definition) is 4. The van der Waals surface area contributed by atoms with Gasteiger partial charge in [-0.2, -0.15) is 0 Å². The molecule has 0 radical (unpaired) electrons. The maximum Gasteiger partial charge on any atom is 0.321 e. The minimum atomic E-state index is -0.527. The van der Waals surface area contributed by atoms with Crippen molar-refractivity contribution in [3.05, 3.63) is 27.9 Å². The Kier molecular flexibility index (Phi) is 4.95. The average Bonchev–Trinajstić information content (AvgIpc) is 2.95. The van der Waals surface area contributed by atoms with Crippen LogP contribution in [0.25, 0.3) is 0 Å². The lowest BCUT2D eigenvalue weighted by Crippen LogP contribution is -2.44. The number of amides is 1. The smallest absolute Gasteiger partial charge is 0.321 e. The normalized spacial score (nSPS) is 22.0. The molecule has 1 aromatic heterocycles. The van der Waals surface area contributed by atoms with Crippen LogP contribution in [-0.2, 0) is 0 Å². The van der Waals surface area contributed by atoms with Crippen LogP contribution in [-0.4, -0.2) is 39.3 Å². The molecule has 1 aromatic rings. The average molecular weight is 294 g/mol. The Bertz CT molecular complexity index is 506. The van der Waals surface area contributed by atoms with E-state index in [9.17, 15) is 14.9 Å². The third-order valence-corrected chi connectivity index (χ3v) is 4.01. The van der Waals surface area contributed by atoms with E-state index in [0.717, 1.165) is 32.1 Å². The monoisotopic (exact) mass is 294 g/mol. The predicted molar refractivity (Wildman–Crippen MR) is 79.0 cm³/mol. The zero-order chi connectivity index (χ0) is 15.4. The van der Waals surface area contributed by atoms with Gasteiger partial charge >= 0.3 is 5.82 Å². The number of carbonyl (C=O) groups is 1. The van der Waals surface area contributed by atoms with Crippen molar-refractivity contribution in [2.75, 3.05) is 6.54 Å². The van der Waals surface area contributed by atoms with Crippen LogP contribution < -0.4 is 5.73 Å². The summed E-state index contributed by atoms with van der Waals surface area (Å²) in [5.41, 5.74) is 6.19. The molecule has 0 saturated heterocycles. The van der Waals surface area contributed by atoms with Crippen LogP contribution in [0.1, 0.15) is 49.5 Å². The first-order valence-corrected chi connectivity index (χ1v) is 7.43. The first-order chi connectivity index (χ1) is 10.0. The highest BCUT2D eigenvalue weighted by molar-refractivity contribution is 5.93. The molecule has 2 rings (SSSR count). The fraction of sp³-hybridized carbons (Fsp3) is 0.643. The van der Waals surface area contributed by atoms with E-state index in [0.29, 0.717) is 6.54 Å². The summed E-state index contributed by atoms with van der Waals surface area (Å²) in [6, 6.07) is 3.22. The van der Waals surface area contributed by atoms with Crippen LogP contribution in [0.3, 0.4) is 0 Å². The highest BCUT2D eigenvalue weighted by Gasteiger charge is 2.30. The summed E-state index contributed by atoms with van der Waals surface area (Å²) in [5, 5.41) is 10.7. The molecule has 21 heavy (non-hydrogen) atoms. The van der Waals surface area contributed by atoms with Crippen molar-refractivity contribution in [1.82, 2.24) is 9.88 Å². The summed E-state index contributed by atoms with van der Waals surface area (Å²) in [7, 11) is 0. The fourth-order valence-corrected chi connectivity index (χ4v) is 2.87. The Morgan fingerprint density at radius 2 is 2.10 bits per heavy atom. The summed E-state index contributed by atoms with van der Waals surface area (Å²) in [5.74, 6) is -0.314. The van der Waals surface area contributed by atoms with Gasteiger partial charge in [0.1, 0.15) is 0 Å². The lowest BCUT2D eigenvalue weighted by Gasteiger charge is -2.35. The Labute approximate surface area is 123 Å². The summed E-state index contributed by atoms with van der Waals surface area (Å²) < 4.78 is 0. The summed E-state index contributed by atoms with van der Waals surface area (Å²) in [6.45, 7) is 2.68. The predicted octanol–water partition coefficient (Wildman–Crippen LogP) is 2.04. The maximum atomic E-state index is 12.6. The van der Waals surface area contributed by atoms with Crippen molar-refractivity contribution < 1.29 is 9.72 Å². The van der Waals surface area contributed by atoms with Gasteiger partial charge in [0.2, 0.25) is 0 Å². The number of carbonyl (C=O) groups excluding carboxylic acids is 1. The van der Waals surface area contributed by atoms with E-state index in [1.165, 1.54) is 12.1 Å². The van der Waals surface area contributed by atoms with E-state index in [4.69, 9.17) is 5.73 Å². The van der Waals surface area contributed by atoms with Gasteiger partial charge in [0.05, 0.1) is 0 Å². The van der Waals surface area contributed by atoms with Crippen molar-refractivity contribution in [3.8, 4) is 0 Å². The summed E-state index contributed by atoms with van der Waals surface area (Å²) in [4.78, 5) is 27.2. The van der Waals surface area contributed by atoms with E-state index in [-0.39, 0.29) is 29.5 Å². The molecule has 7 heteroatoms. The molecule has 7 nitrogen and oxygen atoms in total. The van der Waals surface area contributed by atoms with Crippen molar-refractivity contribution in [2.45, 2.75) is 51.1 Å². The van der Waals surface area contributed by atoms with Gasteiger partial charge in [0, 0.05) is 24.7 Å². The highest BCUT2D eigenvalue weighted by Crippen LogP contribution is 2.24. The van der Waals surface area contributed by atoms with Crippen LogP contribution in [0.5, 0.6) is 0 Å². The standard InChI is InChI=1S/C14H22N4O3/c1-2-9-17(11-5-3-10(15)4-6-11)14(19)12-7-8-13(16-12)18(20)21/h7-8,10-11,16H,2-6,9,15H2,1H3. The zero-order valence-corrected chi connectivity index (χ0v) is 12.2. The van der Waals surface area contributed by atoms with E-state index < -0.39 is 4.92 Å². The Morgan fingerprint density at radius 3 is 2.62 bits per heavy atom. The molecular formula is C14H22N4O3. The van der Waals surface area contributed by atoms with Crippen LogP contribution in [0.4, 0.5) is 5.82 Å². The van der Waals surface area contributed by atoms with Crippen LogP contribution >= 0.6 is 0 Å². The molecule has 1 saturated carbocycles. The van der Waals surface area contributed by atoms with Crippen molar-refractivity contribution in [1.29, 1.82) is 0 Å². The van der Waals surface area contributed by atoms with Gasteiger partial charge in [-0.1, -0.05) is 6.92 Å². The number of rotatable bonds is 5. The molecule has 0 bridgehead atoms. The molecule has 0 aromatic carbocycles. The quantitative estimate of drug-likeness (QED) is 0.640. The minimum Gasteiger partial charge on any atom is -0.358 e. The van der Waals surface area contributed by atoms with Crippen LogP contribution in [0, 0.1) is 10.1 Å². The van der Waals surface area contributed by atoms with Crippen molar-refractivity contribution in [3.63, 3.8) is 0 Å². The van der Waals surface area contributed by atoms with E-state index >= 15 is 0 Å². The molecule has 1 aliphatic rings. The third kappa shape index (κ3) is 3.60. The molecule has 0 aliphatic heterocycles. The molecule has 0 unspecified atom stereocenters. The van der Waals surface area contributed by atoms with Gasteiger partial charge in [-0.05, 0) is 43.1 Å². The Hall–Kier alpha value is -1.89. The molecule has 0 atom stereocenters. The molecular weight excluding hydrogens is 272 g/mol. The van der Waals surface area contributed by atoms with Gasteiger partial charge in [-0.25, -0.2) is 4.98 Å². The second kappa shape index (κ2) is 6.71. The number of nitrogens with two attached hydrogens (primary N) is 1. The zero-order valence-electron chi connectivity index (χ0n) is 12.2. The third-order valence-electron chi connectivity index (χ3n) is 4.01. The van der Waals surface area contributed by atoms with Crippen molar-refractivity contribution in [2.24, 2.45) is 5.73 Å². The Morgan fingerprint density at radius 1 is 1.43 bits per heavy atom. The van der Waals surface area contributed by atoms with Gasteiger partial charge in [-0.3, -0.25) is 4.79 Å². The molecule has 3 N–H and O–H groups in total. The fourth-order valence-electron chi connectivity index (χ4n) is 2.87. The Balaban J connectivity index is 2.12. The first-order valence-electron chi connectivity index (χ1n) is 7.43. The molecule has 116 valence electrons. The number of H-pyrrole nitrogens is 1. The molecule has 1 amide bonds. The SMILES string of the molecule is CCCN(C(=O)c1ccc([N+](=O)[O-])[nH]1)C1CCC(N)CC1. The van der Waals surface area contributed by atoms with E-state index in [1.54, 1.807) is 0 Å². The number of nitrogens with one attached hydrogen (secondary N) is 1. The lowest BCUT2D eigenvalue weighted by atomic mass is 9.90. The van der Waals surface area contributed by atoms with E-state index in [2.05, 4.69) is 4.98 Å². The van der Waals surface area contributed by atoms with Crippen LogP contribution in [0.15, 0.2) is 12.1 Å². The molecule has 1 heterocycles. The van der Waals surface area contributed by atoms with Gasteiger partial charge in [0.15, 0.2) is 5.69 Å². The summed E-state index contributed by atoms with van der Waals surface area (Å²) in [6.07, 6.45) is 4.49. The lowest BCUT2D eigenvalue weighted by molar-refractivity contribution is -0.389. The van der Waals surface area contributed by atoms with Gasteiger partial charge in [-0.15, -0.1) is 0 Å². The minimum absolute atomic E-state index is 0.152. The van der Waals surface area contributed by atoms with Gasteiger partial charge in [0.25, 0.3) is 5.91 Å². The van der Waals surface area contributed by atoms with Crippen LogP contribution in [0.2, 0.25) is 0 Å². The van der Waals surface area contributed by atoms with E-state index in [1.807, 2.05) is 11.8 Å². The second-order valence-corrected chi connectivity index (χ2v) is 5.58. The maximum absolute atomic E-state index is 12.6. The number of aromatic amines is 1. The molecule has 0 spiro atoms. The molecule has 1 aliphatic carbocycles. The second-order valence-electron chi connectivity index (χ2n) is 5.58. The number of hydrogen-bond donors (Lipinski definition) is 2. The largest absolute Gasteiger partial charge is 0.358 e. The van der Waals surface area contributed by atoms with Gasteiger partial charge < -0.3 is 20.7 Å². The number of aromatic nitrogens is 1. The van der Waals surface area contributed by atoms with Crippen molar-refractivity contribution >= 4 is 11.7 Å². The molecule has 1 fully saturated rings. The number of nitrogens with zero attached hydrogens (tertiary/aromatic N) is 2. The first kappa shape index (κ1) is 15.5. The highest BCUT2D eigenvalue weighted by atomic mass is 16.6. The summed E-state index contributed by atoms with van der Waals surface area (Å²) >= 11 is 0.